The van der Waals surface area contributed by atoms with Crippen molar-refractivity contribution in [3.63, 3.8) is 0 Å². The quantitative estimate of drug-likeness (QED) is 0.495. The van der Waals surface area contributed by atoms with Gasteiger partial charge in [0.2, 0.25) is 0 Å². The molecule has 7 nitrogen and oxygen atoms in total. The normalized spacial score (nSPS) is 10.4. The van der Waals surface area contributed by atoms with Crippen LogP contribution in [-0.4, -0.2) is 20.1 Å². The third-order valence-corrected chi connectivity index (χ3v) is 3.83. The molecular weight excluding hydrogens is 318 g/mol. The van der Waals surface area contributed by atoms with Gasteiger partial charge in [-0.25, -0.2) is 4.98 Å². The van der Waals surface area contributed by atoms with Crippen molar-refractivity contribution in [2.45, 2.75) is 0 Å². The molecular formula is C15H11N3O4S. The molecule has 2 aromatic carbocycles. The van der Waals surface area contributed by atoms with Gasteiger partial charge in [-0.2, -0.15) is 0 Å². The summed E-state index contributed by atoms with van der Waals surface area (Å²) in [4.78, 5) is 14.6. The maximum Gasteiger partial charge on any atom is 0.271 e. The molecule has 1 aromatic heterocycles. The van der Waals surface area contributed by atoms with Crippen molar-refractivity contribution >= 4 is 27.8 Å². The fourth-order valence-corrected chi connectivity index (χ4v) is 2.74. The minimum atomic E-state index is -0.465. The molecule has 23 heavy (non-hydrogen) atoms. The number of aromatic nitrogens is 1. The number of nitrogens with zero attached hydrogens (tertiary/aromatic N) is 2. The van der Waals surface area contributed by atoms with E-state index in [-0.39, 0.29) is 17.2 Å². The van der Waals surface area contributed by atoms with E-state index < -0.39 is 4.92 Å². The Labute approximate surface area is 134 Å². The van der Waals surface area contributed by atoms with E-state index in [4.69, 9.17) is 0 Å². The summed E-state index contributed by atoms with van der Waals surface area (Å²) in [5, 5.41) is 35.2. The van der Waals surface area contributed by atoms with E-state index in [0.29, 0.717) is 22.1 Å². The number of non-ortho nitro benzene ring substituents is 1. The van der Waals surface area contributed by atoms with Crippen molar-refractivity contribution in [1.29, 1.82) is 0 Å². The van der Waals surface area contributed by atoms with Crippen molar-refractivity contribution < 1.29 is 15.1 Å². The van der Waals surface area contributed by atoms with E-state index in [2.05, 4.69) is 10.3 Å². The SMILES string of the molecule is O=[N+]([O-])c1cccc(Nc2nc(-c3ccc(O)cc3O)cs2)c1. The van der Waals surface area contributed by atoms with E-state index in [9.17, 15) is 20.3 Å². The first kappa shape index (κ1) is 14.8. The largest absolute Gasteiger partial charge is 0.508 e. The molecule has 3 rings (SSSR count). The van der Waals surface area contributed by atoms with E-state index in [1.54, 1.807) is 23.6 Å². The van der Waals surface area contributed by atoms with Crippen LogP contribution in [0.5, 0.6) is 11.5 Å². The first-order valence-electron chi connectivity index (χ1n) is 6.52. The van der Waals surface area contributed by atoms with Gasteiger partial charge < -0.3 is 15.5 Å². The van der Waals surface area contributed by atoms with E-state index in [1.807, 2.05) is 0 Å². The van der Waals surface area contributed by atoms with Crippen LogP contribution in [0.2, 0.25) is 0 Å². The van der Waals surface area contributed by atoms with E-state index >= 15 is 0 Å². The molecule has 0 aliphatic rings. The molecule has 3 aromatic rings. The van der Waals surface area contributed by atoms with Crippen LogP contribution in [0.1, 0.15) is 0 Å². The number of hydrogen-bond acceptors (Lipinski definition) is 7. The molecule has 1 heterocycles. The minimum absolute atomic E-state index is 0.0111. The van der Waals surface area contributed by atoms with Gasteiger partial charge >= 0.3 is 0 Å². The smallest absolute Gasteiger partial charge is 0.271 e. The molecule has 8 heteroatoms. The van der Waals surface area contributed by atoms with Crippen LogP contribution in [0.25, 0.3) is 11.3 Å². The van der Waals surface area contributed by atoms with Gasteiger partial charge in [-0.3, -0.25) is 10.1 Å². The van der Waals surface area contributed by atoms with Crippen LogP contribution in [0, 0.1) is 10.1 Å². The molecule has 0 fully saturated rings. The Balaban J connectivity index is 1.85. The molecule has 3 N–H and O–H groups in total. The number of benzene rings is 2. The number of nitro benzene ring substituents is 1. The fourth-order valence-electron chi connectivity index (χ4n) is 2.01. The van der Waals surface area contributed by atoms with Gasteiger partial charge in [-0.1, -0.05) is 6.07 Å². The van der Waals surface area contributed by atoms with Crippen LogP contribution in [0.4, 0.5) is 16.5 Å². The summed E-state index contributed by atoms with van der Waals surface area (Å²) in [5.74, 6) is -0.103. The Morgan fingerprint density at radius 1 is 1.17 bits per heavy atom. The van der Waals surface area contributed by atoms with Crippen molar-refractivity contribution in [3.05, 3.63) is 58.0 Å². The Morgan fingerprint density at radius 3 is 2.74 bits per heavy atom. The standard InChI is InChI=1S/C15H11N3O4S/c19-11-4-5-12(14(20)7-11)13-8-23-15(17-13)16-9-2-1-3-10(6-9)18(21)22/h1-8,19-20H,(H,16,17). The van der Waals surface area contributed by atoms with Crippen LogP contribution in [0.15, 0.2) is 47.8 Å². The summed E-state index contributed by atoms with van der Waals surface area (Å²) < 4.78 is 0. The zero-order chi connectivity index (χ0) is 16.4. The van der Waals surface area contributed by atoms with Gasteiger partial charge in [0, 0.05) is 34.8 Å². The monoisotopic (exact) mass is 329 g/mol. The molecule has 0 spiro atoms. The third kappa shape index (κ3) is 3.22. The number of phenols is 2. The predicted molar refractivity (Wildman–Crippen MR) is 87.3 cm³/mol. The number of hydrogen-bond donors (Lipinski definition) is 3. The predicted octanol–water partition coefficient (Wildman–Crippen LogP) is 3.87. The minimum Gasteiger partial charge on any atom is -0.508 e. The Bertz CT molecular complexity index is 879. The molecule has 0 saturated heterocycles. The van der Waals surface area contributed by atoms with Gasteiger partial charge in [-0.15, -0.1) is 11.3 Å². The highest BCUT2D eigenvalue weighted by Crippen LogP contribution is 2.34. The summed E-state index contributed by atoms with van der Waals surface area (Å²) in [6, 6.07) is 10.4. The molecule has 0 atom stereocenters. The van der Waals surface area contributed by atoms with Gasteiger partial charge in [0.15, 0.2) is 5.13 Å². The second-order valence-corrected chi connectivity index (χ2v) is 5.53. The zero-order valence-electron chi connectivity index (χ0n) is 11.6. The summed E-state index contributed by atoms with van der Waals surface area (Å²) in [6.07, 6.45) is 0. The fraction of sp³-hybridized carbons (Fsp3) is 0. The second-order valence-electron chi connectivity index (χ2n) is 4.67. The summed E-state index contributed by atoms with van der Waals surface area (Å²) >= 11 is 1.30. The lowest BCUT2D eigenvalue weighted by Gasteiger charge is -2.03. The van der Waals surface area contributed by atoms with Crippen molar-refractivity contribution in [3.8, 4) is 22.8 Å². The molecule has 0 saturated carbocycles. The molecule has 116 valence electrons. The van der Waals surface area contributed by atoms with E-state index in [1.165, 1.54) is 35.6 Å². The third-order valence-electron chi connectivity index (χ3n) is 3.07. The number of phenolic OH excluding ortho intramolecular Hbond substituents is 2. The molecule has 0 bridgehead atoms. The summed E-state index contributed by atoms with van der Waals surface area (Å²) in [7, 11) is 0. The topological polar surface area (TPSA) is 109 Å². The highest BCUT2D eigenvalue weighted by Gasteiger charge is 2.11. The number of rotatable bonds is 4. The molecule has 0 radical (unpaired) electrons. The first-order valence-corrected chi connectivity index (χ1v) is 7.40. The lowest BCUT2D eigenvalue weighted by molar-refractivity contribution is -0.384. The van der Waals surface area contributed by atoms with Gasteiger partial charge in [0.25, 0.3) is 5.69 Å². The highest BCUT2D eigenvalue weighted by molar-refractivity contribution is 7.14. The lowest BCUT2D eigenvalue weighted by Crippen LogP contribution is -1.92. The van der Waals surface area contributed by atoms with E-state index in [0.717, 1.165) is 0 Å². The summed E-state index contributed by atoms with van der Waals surface area (Å²) in [5.41, 5.74) is 1.57. The van der Waals surface area contributed by atoms with Gasteiger partial charge in [0.05, 0.1) is 10.6 Å². The maximum absolute atomic E-state index is 10.8. The van der Waals surface area contributed by atoms with Crippen molar-refractivity contribution in [2.24, 2.45) is 0 Å². The average molecular weight is 329 g/mol. The van der Waals surface area contributed by atoms with Crippen LogP contribution >= 0.6 is 11.3 Å². The number of nitro groups is 1. The Hall–Kier alpha value is -3.13. The highest BCUT2D eigenvalue weighted by atomic mass is 32.1. The number of nitrogens with one attached hydrogen (secondary N) is 1. The maximum atomic E-state index is 10.8. The molecule has 0 unspecified atom stereocenters. The van der Waals surface area contributed by atoms with Crippen LogP contribution in [0.3, 0.4) is 0 Å². The molecule has 0 aliphatic heterocycles. The average Bonchev–Trinajstić information content (AvgIpc) is 2.95. The van der Waals surface area contributed by atoms with Gasteiger partial charge in [-0.05, 0) is 18.2 Å². The first-order chi connectivity index (χ1) is 11.0. The second kappa shape index (κ2) is 5.93. The number of aromatic hydroxyl groups is 2. The van der Waals surface area contributed by atoms with Gasteiger partial charge in [0.1, 0.15) is 11.5 Å². The lowest BCUT2D eigenvalue weighted by atomic mass is 10.1. The van der Waals surface area contributed by atoms with Crippen LogP contribution in [-0.2, 0) is 0 Å². The number of thiazole rings is 1. The zero-order valence-corrected chi connectivity index (χ0v) is 12.4. The number of anilines is 2. The Morgan fingerprint density at radius 2 is 2.00 bits per heavy atom. The Kier molecular flexibility index (Phi) is 3.82. The summed E-state index contributed by atoms with van der Waals surface area (Å²) in [6.45, 7) is 0. The van der Waals surface area contributed by atoms with Crippen LogP contribution < -0.4 is 5.32 Å². The molecule has 0 aliphatic carbocycles. The van der Waals surface area contributed by atoms with Crippen molar-refractivity contribution in [2.75, 3.05) is 5.32 Å². The van der Waals surface area contributed by atoms with Crippen molar-refractivity contribution in [1.82, 2.24) is 4.98 Å². The molecule has 0 amide bonds.